The molecule has 3 heterocycles. The van der Waals surface area contributed by atoms with Gasteiger partial charge >= 0.3 is 6.18 Å². The minimum Gasteiger partial charge on any atom is -0.382 e. The first kappa shape index (κ1) is 20.2. The molecule has 0 aliphatic heterocycles. The van der Waals surface area contributed by atoms with Crippen LogP contribution in [0.3, 0.4) is 0 Å². The van der Waals surface area contributed by atoms with E-state index in [1.807, 2.05) is 0 Å². The summed E-state index contributed by atoms with van der Waals surface area (Å²) in [5.41, 5.74) is 6.79. The lowest BCUT2D eigenvalue weighted by Crippen LogP contribution is -2.31. The molecule has 1 amide bonds. The summed E-state index contributed by atoms with van der Waals surface area (Å²) in [6.07, 6.45) is -0.857. The van der Waals surface area contributed by atoms with Gasteiger partial charge < -0.3 is 10.6 Å². The second kappa shape index (κ2) is 6.87. The maximum Gasteiger partial charge on any atom is 0.433 e. The summed E-state index contributed by atoms with van der Waals surface area (Å²) in [5.74, 6) is -1.20. The molecule has 0 saturated carbocycles. The molecule has 1 aliphatic carbocycles. The lowest BCUT2D eigenvalue weighted by atomic mass is 10.1. The van der Waals surface area contributed by atoms with Gasteiger partial charge in [0.2, 0.25) is 0 Å². The van der Waals surface area contributed by atoms with Gasteiger partial charge in [0.05, 0.1) is 35.2 Å². The zero-order valence-corrected chi connectivity index (χ0v) is 16.7. The van der Waals surface area contributed by atoms with E-state index < -0.39 is 29.6 Å². The number of amides is 1. The van der Waals surface area contributed by atoms with Crippen LogP contribution in [-0.4, -0.2) is 37.2 Å². The minimum atomic E-state index is -4.54. The minimum absolute atomic E-state index is 0.180. The summed E-state index contributed by atoms with van der Waals surface area (Å²) in [6.45, 7) is 0. The maximum atomic E-state index is 14.9. The van der Waals surface area contributed by atoms with Crippen LogP contribution in [0.5, 0.6) is 0 Å². The van der Waals surface area contributed by atoms with Crippen LogP contribution in [0, 0.1) is 5.82 Å². The number of anilines is 1. The Morgan fingerprint density at radius 3 is 2.75 bits per heavy atom. The number of nitrogen functional groups attached to an aromatic ring is 1. The highest BCUT2D eigenvalue weighted by Gasteiger charge is 2.36. The quantitative estimate of drug-likeness (QED) is 0.476. The van der Waals surface area contributed by atoms with Gasteiger partial charge in [0.1, 0.15) is 22.8 Å². The van der Waals surface area contributed by atoms with Gasteiger partial charge in [-0.3, -0.25) is 9.20 Å². The zero-order chi connectivity index (χ0) is 22.8. The third-order valence-corrected chi connectivity index (χ3v) is 5.80. The zero-order valence-electron chi connectivity index (χ0n) is 16.7. The molecule has 0 radical (unpaired) electrons. The second-order valence-corrected chi connectivity index (χ2v) is 7.67. The number of nitrogens with two attached hydrogens (primary N) is 1. The van der Waals surface area contributed by atoms with Crippen LogP contribution >= 0.6 is 0 Å². The van der Waals surface area contributed by atoms with Crippen LogP contribution in [0.1, 0.15) is 39.8 Å². The number of nitrogens with zero attached hydrogens (tertiary/aromatic N) is 5. The van der Waals surface area contributed by atoms with Gasteiger partial charge in [-0.1, -0.05) is 6.07 Å². The first-order valence-corrected chi connectivity index (χ1v) is 9.70. The predicted molar refractivity (Wildman–Crippen MR) is 107 cm³/mol. The Balaban J connectivity index is 1.53. The van der Waals surface area contributed by atoms with E-state index in [0.29, 0.717) is 35.1 Å². The molecule has 0 saturated heterocycles. The summed E-state index contributed by atoms with van der Waals surface area (Å²) in [4.78, 5) is 26.4. The SMILES string of the molecule is CN(C(=O)c1cc2c(cc1F)nc(N)c1cncn12)[C@@H]1CCc2nc(C(F)(F)F)ccc21. The van der Waals surface area contributed by atoms with Gasteiger partial charge in [-0.2, -0.15) is 13.2 Å². The lowest BCUT2D eigenvalue weighted by molar-refractivity contribution is -0.141. The highest BCUT2D eigenvalue weighted by molar-refractivity contribution is 5.98. The van der Waals surface area contributed by atoms with Gasteiger partial charge in [0.25, 0.3) is 5.91 Å². The van der Waals surface area contributed by atoms with Crippen LogP contribution in [0.2, 0.25) is 0 Å². The van der Waals surface area contributed by atoms with Crippen molar-refractivity contribution in [3.8, 4) is 0 Å². The Kier molecular flexibility index (Phi) is 4.33. The fourth-order valence-corrected chi connectivity index (χ4v) is 4.20. The summed E-state index contributed by atoms with van der Waals surface area (Å²) in [6, 6.07) is 4.24. The van der Waals surface area contributed by atoms with Crippen LogP contribution in [-0.2, 0) is 12.6 Å². The Bertz CT molecular complexity index is 1400. The number of pyridine rings is 1. The van der Waals surface area contributed by atoms with Gasteiger partial charge in [0.15, 0.2) is 0 Å². The molecule has 32 heavy (non-hydrogen) atoms. The highest BCUT2D eigenvalue weighted by Crippen LogP contribution is 2.37. The number of imidazole rings is 1. The standard InChI is InChI=1S/C21H16F4N6O/c1-30(15-4-3-13-10(15)2-5-18(28-13)21(23,24)25)20(32)11-6-16-14(7-12(11)22)29-19(26)17-8-27-9-31(16)17/h2,5-9,15H,3-4H2,1H3,(H2,26,29)/t15-/m1/s1. The van der Waals surface area contributed by atoms with E-state index >= 15 is 0 Å². The van der Waals surface area contributed by atoms with Gasteiger partial charge in [0, 0.05) is 18.8 Å². The smallest absolute Gasteiger partial charge is 0.382 e. The molecule has 1 aromatic carbocycles. The Hall–Kier alpha value is -3.76. The fraction of sp³-hybridized carbons (Fsp3) is 0.238. The number of hydrogen-bond donors (Lipinski definition) is 1. The molecule has 0 fully saturated rings. The molecule has 1 aliphatic rings. The molecule has 0 unspecified atom stereocenters. The van der Waals surface area contributed by atoms with E-state index in [2.05, 4.69) is 15.0 Å². The number of hydrogen-bond acceptors (Lipinski definition) is 5. The van der Waals surface area contributed by atoms with E-state index in [0.717, 1.165) is 12.1 Å². The predicted octanol–water partition coefficient (Wildman–Crippen LogP) is 3.78. The van der Waals surface area contributed by atoms with E-state index in [9.17, 15) is 22.4 Å². The van der Waals surface area contributed by atoms with Crippen molar-refractivity contribution >= 4 is 28.3 Å². The topological polar surface area (TPSA) is 89.4 Å². The van der Waals surface area contributed by atoms with E-state index in [1.165, 1.54) is 36.6 Å². The molecule has 5 rings (SSSR count). The van der Waals surface area contributed by atoms with E-state index in [-0.39, 0.29) is 16.9 Å². The van der Waals surface area contributed by atoms with Crippen LogP contribution in [0.4, 0.5) is 23.4 Å². The third kappa shape index (κ3) is 3.03. The first-order chi connectivity index (χ1) is 15.1. The normalized spacial score (nSPS) is 16.0. The van der Waals surface area contributed by atoms with Gasteiger partial charge in [-0.05, 0) is 30.5 Å². The number of aromatic nitrogens is 4. The van der Waals surface area contributed by atoms with Crippen molar-refractivity contribution in [2.75, 3.05) is 12.8 Å². The number of rotatable bonds is 2. The largest absolute Gasteiger partial charge is 0.433 e. The number of alkyl halides is 3. The molecule has 4 aromatic rings. The average Bonchev–Trinajstić information content (AvgIpc) is 3.39. The summed E-state index contributed by atoms with van der Waals surface area (Å²) >= 11 is 0. The molecule has 3 aromatic heterocycles. The number of halogens is 4. The second-order valence-electron chi connectivity index (χ2n) is 7.67. The maximum absolute atomic E-state index is 14.9. The van der Waals surface area contributed by atoms with Crippen molar-refractivity contribution in [1.29, 1.82) is 0 Å². The number of aryl methyl sites for hydroxylation is 1. The molecule has 0 spiro atoms. The average molecular weight is 444 g/mol. The van der Waals surface area contributed by atoms with E-state index in [1.54, 1.807) is 4.40 Å². The first-order valence-electron chi connectivity index (χ1n) is 9.70. The Morgan fingerprint density at radius 2 is 2.00 bits per heavy atom. The van der Waals surface area contributed by atoms with Crippen molar-refractivity contribution in [3.05, 3.63) is 65.1 Å². The summed E-state index contributed by atoms with van der Waals surface area (Å²) in [5, 5.41) is 0. The number of carbonyl (C=O) groups is 1. The number of carbonyl (C=O) groups excluding carboxylic acids is 1. The molecule has 164 valence electrons. The Morgan fingerprint density at radius 1 is 1.22 bits per heavy atom. The van der Waals surface area contributed by atoms with Crippen molar-refractivity contribution in [3.63, 3.8) is 0 Å². The Labute approximate surface area is 178 Å². The molecule has 0 bridgehead atoms. The van der Waals surface area contributed by atoms with Crippen molar-refractivity contribution < 1.29 is 22.4 Å². The van der Waals surface area contributed by atoms with Crippen molar-refractivity contribution in [1.82, 2.24) is 24.3 Å². The molecule has 7 nitrogen and oxygen atoms in total. The molecular weight excluding hydrogens is 428 g/mol. The number of fused-ring (bicyclic) bond motifs is 4. The fourth-order valence-electron chi connectivity index (χ4n) is 4.20. The number of benzene rings is 1. The monoisotopic (exact) mass is 444 g/mol. The van der Waals surface area contributed by atoms with E-state index in [4.69, 9.17) is 5.73 Å². The molecule has 11 heteroatoms. The summed E-state index contributed by atoms with van der Waals surface area (Å²) < 4.78 is 55.4. The highest BCUT2D eigenvalue weighted by atomic mass is 19.4. The van der Waals surface area contributed by atoms with Crippen molar-refractivity contribution in [2.24, 2.45) is 0 Å². The van der Waals surface area contributed by atoms with Gasteiger partial charge in [-0.25, -0.2) is 19.3 Å². The van der Waals surface area contributed by atoms with Gasteiger partial charge in [-0.15, -0.1) is 0 Å². The molecule has 2 N–H and O–H groups in total. The van der Waals surface area contributed by atoms with Crippen LogP contribution in [0.15, 0.2) is 36.8 Å². The van der Waals surface area contributed by atoms with Crippen LogP contribution < -0.4 is 5.73 Å². The molecule has 1 atom stereocenters. The van der Waals surface area contributed by atoms with Crippen molar-refractivity contribution in [2.45, 2.75) is 25.1 Å². The van der Waals surface area contributed by atoms with Crippen LogP contribution in [0.25, 0.3) is 16.6 Å². The third-order valence-electron chi connectivity index (χ3n) is 5.80. The summed E-state index contributed by atoms with van der Waals surface area (Å²) in [7, 11) is 1.50. The lowest BCUT2D eigenvalue weighted by Gasteiger charge is -2.26. The molecular formula is C21H16F4N6O.